The molecular formula is C8H12N2O3. The quantitative estimate of drug-likeness (QED) is 0.519. The van der Waals surface area contributed by atoms with Crippen LogP contribution in [0.3, 0.4) is 0 Å². The van der Waals surface area contributed by atoms with Crippen molar-refractivity contribution in [2.75, 3.05) is 26.2 Å². The Hall–Kier alpha value is -1.26. The van der Waals surface area contributed by atoms with Crippen LogP contribution in [-0.2, 0) is 4.74 Å². The summed E-state index contributed by atoms with van der Waals surface area (Å²) in [6.45, 7) is 2.86. The molecule has 0 saturated carbocycles. The Morgan fingerprint density at radius 3 is 1.46 bits per heavy atom. The highest BCUT2D eigenvalue weighted by Crippen LogP contribution is 2.11. The summed E-state index contributed by atoms with van der Waals surface area (Å²) in [5.41, 5.74) is 0. The van der Waals surface area contributed by atoms with Crippen LogP contribution >= 0.6 is 0 Å². The molecule has 0 atom stereocenters. The highest BCUT2D eigenvalue weighted by atomic mass is 16.6. The average molecular weight is 184 g/mol. The summed E-state index contributed by atoms with van der Waals surface area (Å²) in [7, 11) is 0. The fourth-order valence-corrected chi connectivity index (χ4v) is 1.20. The molecule has 2 amide bonds. The van der Waals surface area contributed by atoms with Crippen molar-refractivity contribution in [1.29, 1.82) is 0 Å². The number of hydrogen-bond donors (Lipinski definition) is 0. The van der Waals surface area contributed by atoms with E-state index in [1.807, 2.05) is 0 Å². The van der Waals surface area contributed by atoms with Gasteiger partial charge in [-0.05, 0) is 12.8 Å². The second kappa shape index (κ2) is 3.24. The van der Waals surface area contributed by atoms with E-state index in [4.69, 9.17) is 0 Å². The molecule has 0 unspecified atom stereocenters. The van der Waals surface area contributed by atoms with Crippen LogP contribution in [-0.4, -0.2) is 48.2 Å². The van der Waals surface area contributed by atoms with Gasteiger partial charge in [0.25, 0.3) is 0 Å². The Bertz CT molecular complexity index is 210. The summed E-state index contributed by atoms with van der Waals surface area (Å²) in [4.78, 5) is 25.3. The predicted molar refractivity (Wildman–Crippen MR) is 44.3 cm³/mol. The molecule has 0 bridgehead atoms. The second-order valence-electron chi connectivity index (χ2n) is 3.32. The van der Waals surface area contributed by atoms with E-state index in [0.717, 1.165) is 12.8 Å². The van der Waals surface area contributed by atoms with Gasteiger partial charge in [0, 0.05) is 26.2 Å². The first-order valence-corrected chi connectivity index (χ1v) is 4.53. The highest BCUT2D eigenvalue weighted by molar-refractivity contribution is 5.84. The standard InChI is InChI=1S/C8H12N2O3/c11-7(9-3-1-4-9)13-8(12)10-5-2-6-10/h1-6H2. The monoisotopic (exact) mass is 184 g/mol. The molecule has 5 nitrogen and oxygen atoms in total. The fourth-order valence-electron chi connectivity index (χ4n) is 1.20. The zero-order chi connectivity index (χ0) is 9.26. The topological polar surface area (TPSA) is 49.9 Å². The van der Waals surface area contributed by atoms with Gasteiger partial charge in [0.15, 0.2) is 0 Å². The first-order valence-electron chi connectivity index (χ1n) is 4.53. The third-order valence-corrected chi connectivity index (χ3v) is 2.40. The molecule has 2 aliphatic heterocycles. The van der Waals surface area contributed by atoms with Crippen LogP contribution in [0.2, 0.25) is 0 Å². The van der Waals surface area contributed by atoms with Gasteiger partial charge in [-0.15, -0.1) is 0 Å². The van der Waals surface area contributed by atoms with Gasteiger partial charge >= 0.3 is 12.2 Å². The third-order valence-electron chi connectivity index (χ3n) is 2.40. The molecule has 0 N–H and O–H groups in total. The Balaban J connectivity index is 1.75. The maximum absolute atomic E-state index is 11.1. The zero-order valence-electron chi connectivity index (χ0n) is 7.36. The SMILES string of the molecule is O=C(OC(=O)N1CCC1)N1CCC1. The van der Waals surface area contributed by atoms with E-state index in [1.54, 1.807) is 0 Å². The van der Waals surface area contributed by atoms with Crippen LogP contribution in [0.15, 0.2) is 0 Å². The molecule has 72 valence electrons. The van der Waals surface area contributed by atoms with Crippen LogP contribution in [0.5, 0.6) is 0 Å². The van der Waals surface area contributed by atoms with E-state index in [-0.39, 0.29) is 0 Å². The molecule has 0 aliphatic carbocycles. The molecule has 0 aromatic rings. The normalized spacial score (nSPS) is 20.3. The van der Waals surface area contributed by atoms with E-state index in [2.05, 4.69) is 4.74 Å². The molecule has 0 aromatic carbocycles. The second-order valence-corrected chi connectivity index (χ2v) is 3.32. The van der Waals surface area contributed by atoms with Crippen LogP contribution in [0.1, 0.15) is 12.8 Å². The number of amides is 2. The molecule has 13 heavy (non-hydrogen) atoms. The number of hydrogen-bond acceptors (Lipinski definition) is 3. The van der Waals surface area contributed by atoms with E-state index >= 15 is 0 Å². The first kappa shape index (κ1) is 8.34. The number of rotatable bonds is 0. The smallest absolute Gasteiger partial charge is 0.359 e. The largest absolute Gasteiger partial charge is 0.418 e. The molecule has 5 heteroatoms. The molecule has 0 radical (unpaired) electrons. The Morgan fingerprint density at radius 1 is 0.846 bits per heavy atom. The van der Waals surface area contributed by atoms with Crippen LogP contribution in [0.4, 0.5) is 9.59 Å². The lowest BCUT2D eigenvalue weighted by Gasteiger charge is -2.32. The van der Waals surface area contributed by atoms with Gasteiger partial charge in [0.1, 0.15) is 0 Å². The van der Waals surface area contributed by atoms with Gasteiger partial charge in [0.2, 0.25) is 0 Å². The van der Waals surface area contributed by atoms with Gasteiger partial charge < -0.3 is 14.5 Å². The first-order chi connectivity index (χ1) is 6.27. The average Bonchev–Trinajstić information content (AvgIpc) is 1.76. The zero-order valence-corrected chi connectivity index (χ0v) is 7.36. The van der Waals surface area contributed by atoms with Gasteiger partial charge in [-0.2, -0.15) is 0 Å². The summed E-state index contributed by atoms with van der Waals surface area (Å²) in [5.74, 6) is 0. The summed E-state index contributed by atoms with van der Waals surface area (Å²) >= 11 is 0. The summed E-state index contributed by atoms with van der Waals surface area (Å²) < 4.78 is 4.63. The number of ether oxygens (including phenoxy) is 1. The van der Waals surface area contributed by atoms with E-state index in [0.29, 0.717) is 26.2 Å². The van der Waals surface area contributed by atoms with Crippen molar-refractivity contribution in [2.45, 2.75) is 12.8 Å². The minimum absolute atomic E-state index is 0.497. The minimum atomic E-state index is -0.497. The van der Waals surface area contributed by atoms with Gasteiger partial charge in [-0.1, -0.05) is 0 Å². The molecule has 2 rings (SSSR count). The number of carbonyl (C=O) groups is 2. The van der Waals surface area contributed by atoms with Gasteiger partial charge in [-0.3, -0.25) is 0 Å². The van der Waals surface area contributed by atoms with E-state index in [9.17, 15) is 9.59 Å². The van der Waals surface area contributed by atoms with Crippen molar-refractivity contribution >= 4 is 12.2 Å². The molecule has 0 spiro atoms. The lowest BCUT2D eigenvalue weighted by molar-refractivity contribution is 0.0682. The van der Waals surface area contributed by atoms with Crippen LogP contribution in [0, 0.1) is 0 Å². The van der Waals surface area contributed by atoms with Crippen LogP contribution in [0.25, 0.3) is 0 Å². The molecule has 2 fully saturated rings. The van der Waals surface area contributed by atoms with Gasteiger partial charge in [0.05, 0.1) is 0 Å². The summed E-state index contributed by atoms with van der Waals surface area (Å²) in [6, 6.07) is 0. The van der Waals surface area contributed by atoms with Gasteiger partial charge in [-0.25, -0.2) is 9.59 Å². The molecule has 2 saturated heterocycles. The highest BCUT2D eigenvalue weighted by Gasteiger charge is 2.28. The molecular weight excluding hydrogens is 172 g/mol. The Kier molecular flexibility index (Phi) is 2.08. The van der Waals surface area contributed by atoms with E-state index < -0.39 is 12.2 Å². The van der Waals surface area contributed by atoms with Crippen molar-refractivity contribution in [3.05, 3.63) is 0 Å². The Labute approximate surface area is 76.2 Å². The summed E-state index contributed by atoms with van der Waals surface area (Å²) in [6.07, 6.45) is 1.02. The van der Waals surface area contributed by atoms with Crippen molar-refractivity contribution in [1.82, 2.24) is 9.80 Å². The van der Waals surface area contributed by atoms with Crippen molar-refractivity contribution in [3.8, 4) is 0 Å². The van der Waals surface area contributed by atoms with Crippen molar-refractivity contribution in [3.63, 3.8) is 0 Å². The lowest BCUT2D eigenvalue weighted by atomic mass is 10.2. The molecule has 2 aliphatic rings. The molecule has 2 heterocycles. The van der Waals surface area contributed by atoms with E-state index in [1.165, 1.54) is 9.80 Å². The number of carbonyl (C=O) groups excluding carboxylic acids is 2. The summed E-state index contributed by atoms with van der Waals surface area (Å²) in [5, 5.41) is 0. The number of likely N-dealkylation sites (tertiary alicyclic amines) is 2. The minimum Gasteiger partial charge on any atom is -0.359 e. The third kappa shape index (κ3) is 1.59. The number of nitrogens with zero attached hydrogens (tertiary/aromatic N) is 2. The lowest BCUT2D eigenvalue weighted by Crippen LogP contribution is -2.48. The predicted octanol–water partition coefficient (Wildman–Crippen LogP) is 0.654. The maximum atomic E-state index is 11.1. The maximum Gasteiger partial charge on any atom is 0.418 e. The van der Waals surface area contributed by atoms with Crippen molar-refractivity contribution in [2.24, 2.45) is 0 Å². The molecule has 0 aromatic heterocycles. The Morgan fingerprint density at radius 2 is 1.23 bits per heavy atom. The van der Waals surface area contributed by atoms with Crippen LogP contribution < -0.4 is 0 Å². The fraction of sp³-hybridized carbons (Fsp3) is 0.750. The van der Waals surface area contributed by atoms with Crippen molar-refractivity contribution < 1.29 is 14.3 Å².